The minimum atomic E-state index is -0.166. The molecule has 0 saturated carbocycles. The standard InChI is InChI=1S/C19H26N4O2S/c1-4-10-20-18(24)16-13-26-17(22-16)12-23(11-5-2)19(25)21-15-8-6-14(3)7-9-15/h6-9,13H,4-5,10-12H2,1-3H3,(H,20,24)(H,21,25). The van der Waals surface area contributed by atoms with Gasteiger partial charge in [-0.25, -0.2) is 9.78 Å². The Morgan fingerprint density at radius 3 is 2.54 bits per heavy atom. The zero-order chi connectivity index (χ0) is 18.9. The van der Waals surface area contributed by atoms with Gasteiger partial charge in [-0.2, -0.15) is 0 Å². The molecule has 0 saturated heterocycles. The average molecular weight is 375 g/mol. The Morgan fingerprint density at radius 2 is 1.88 bits per heavy atom. The first-order valence-electron chi connectivity index (χ1n) is 8.88. The van der Waals surface area contributed by atoms with E-state index in [0.29, 0.717) is 25.3 Å². The lowest BCUT2D eigenvalue weighted by Crippen LogP contribution is -2.35. The van der Waals surface area contributed by atoms with Gasteiger partial charge in [-0.3, -0.25) is 4.79 Å². The van der Waals surface area contributed by atoms with Crippen LogP contribution in [-0.4, -0.2) is 34.9 Å². The summed E-state index contributed by atoms with van der Waals surface area (Å²) >= 11 is 1.40. The van der Waals surface area contributed by atoms with Crippen LogP contribution < -0.4 is 10.6 Å². The summed E-state index contributed by atoms with van der Waals surface area (Å²) < 4.78 is 0. The highest BCUT2D eigenvalue weighted by atomic mass is 32.1. The van der Waals surface area contributed by atoms with Crippen LogP contribution in [0.2, 0.25) is 0 Å². The third-order valence-electron chi connectivity index (χ3n) is 3.73. The number of carbonyl (C=O) groups excluding carboxylic acids is 2. The third kappa shape index (κ3) is 5.84. The topological polar surface area (TPSA) is 74.3 Å². The van der Waals surface area contributed by atoms with Gasteiger partial charge >= 0.3 is 6.03 Å². The number of aryl methyl sites for hydroxylation is 1. The van der Waals surface area contributed by atoms with Crippen molar-refractivity contribution < 1.29 is 9.59 Å². The molecule has 2 rings (SSSR count). The molecule has 0 spiro atoms. The van der Waals surface area contributed by atoms with Crippen molar-refractivity contribution in [1.29, 1.82) is 0 Å². The molecule has 140 valence electrons. The molecule has 0 aliphatic rings. The SMILES string of the molecule is CCCNC(=O)c1csc(CN(CCC)C(=O)Nc2ccc(C)cc2)n1. The lowest BCUT2D eigenvalue weighted by Gasteiger charge is -2.21. The fourth-order valence-electron chi connectivity index (χ4n) is 2.34. The molecule has 0 atom stereocenters. The molecule has 0 bridgehead atoms. The van der Waals surface area contributed by atoms with E-state index < -0.39 is 0 Å². The highest BCUT2D eigenvalue weighted by Gasteiger charge is 2.17. The highest BCUT2D eigenvalue weighted by molar-refractivity contribution is 7.09. The smallest absolute Gasteiger partial charge is 0.322 e. The minimum Gasteiger partial charge on any atom is -0.351 e. The van der Waals surface area contributed by atoms with E-state index in [2.05, 4.69) is 15.6 Å². The van der Waals surface area contributed by atoms with E-state index in [-0.39, 0.29) is 11.9 Å². The Hall–Kier alpha value is -2.41. The molecule has 0 fully saturated rings. The van der Waals surface area contributed by atoms with Crippen LogP contribution in [-0.2, 0) is 6.54 Å². The molecule has 2 aromatic rings. The Morgan fingerprint density at radius 1 is 1.15 bits per heavy atom. The molecule has 1 heterocycles. The van der Waals surface area contributed by atoms with Crippen molar-refractivity contribution in [2.24, 2.45) is 0 Å². The molecule has 0 aliphatic carbocycles. The van der Waals surface area contributed by atoms with E-state index in [4.69, 9.17) is 0 Å². The third-order valence-corrected chi connectivity index (χ3v) is 4.56. The Bertz CT molecular complexity index is 727. The molecule has 1 aromatic heterocycles. The number of thiazole rings is 1. The number of nitrogens with zero attached hydrogens (tertiary/aromatic N) is 2. The Balaban J connectivity index is 2.00. The second kappa shape index (κ2) is 9.91. The van der Waals surface area contributed by atoms with E-state index in [1.807, 2.05) is 45.0 Å². The lowest BCUT2D eigenvalue weighted by molar-refractivity contribution is 0.0949. The predicted octanol–water partition coefficient (Wildman–Crippen LogP) is 4.04. The number of benzene rings is 1. The summed E-state index contributed by atoms with van der Waals surface area (Å²) in [5.41, 5.74) is 2.32. The predicted molar refractivity (Wildman–Crippen MR) is 106 cm³/mol. The molecule has 26 heavy (non-hydrogen) atoms. The maximum atomic E-state index is 12.6. The molecule has 0 aliphatic heterocycles. The molecular weight excluding hydrogens is 348 g/mol. The maximum absolute atomic E-state index is 12.6. The first-order valence-corrected chi connectivity index (χ1v) is 9.76. The van der Waals surface area contributed by atoms with Crippen LogP contribution in [0.5, 0.6) is 0 Å². The minimum absolute atomic E-state index is 0.164. The number of hydrogen-bond donors (Lipinski definition) is 2. The highest BCUT2D eigenvalue weighted by Crippen LogP contribution is 2.15. The summed E-state index contributed by atoms with van der Waals surface area (Å²) in [5.74, 6) is -0.166. The van der Waals surface area contributed by atoms with Crippen LogP contribution >= 0.6 is 11.3 Å². The van der Waals surface area contributed by atoms with Gasteiger partial charge in [0.15, 0.2) is 0 Å². The monoisotopic (exact) mass is 374 g/mol. The fraction of sp³-hybridized carbons (Fsp3) is 0.421. The van der Waals surface area contributed by atoms with Crippen molar-refractivity contribution >= 4 is 29.0 Å². The van der Waals surface area contributed by atoms with Crippen LogP contribution in [0.4, 0.5) is 10.5 Å². The normalized spacial score (nSPS) is 10.4. The molecule has 6 nitrogen and oxygen atoms in total. The van der Waals surface area contributed by atoms with Gasteiger partial charge in [0.2, 0.25) is 0 Å². The first kappa shape index (κ1) is 19.9. The zero-order valence-electron chi connectivity index (χ0n) is 15.5. The second-order valence-corrected chi connectivity index (χ2v) is 7.04. The molecule has 0 unspecified atom stereocenters. The van der Waals surface area contributed by atoms with E-state index in [1.165, 1.54) is 11.3 Å². The van der Waals surface area contributed by atoms with Crippen LogP contribution in [0.25, 0.3) is 0 Å². The van der Waals surface area contributed by atoms with E-state index >= 15 is 0 Å². The number of hydrogen-bond acceptors (Lipinski definition) is 4. The average Bonchev–Trinajstić information content (AvgIpc) is 3.10. The number of aromatic nitrogens is 1. The van der Waals surface area contributed by atoms with Crippen LogP contribution in [0, 0.1) is 6.92 Å². The quantitative estimate of drug-likeness (QED) is 0.732. The summed E-state index contributed by atoms with van der Waals surface area (Å²) in [7, 11) is 0. The van der Waals surface area contributed by atoms with Crippen molar-refractivity contribution in [2.75, 3.05) is 18.4 Å². The van der Waals surface area contributed by atoms with Crippen molar-refractivity contribution in [3.63, 3.8) is 0 Å². The summed E-state index contributed by atoms with van der Waals surface area (Å²) in [6.45, 7) is 7.67. The van der Waals surface area contributed by atoms with E-state index in [1.54, 1.807) is 10.3 Å². The maximum Gasteiger partial charge on any atom is 0.322 e. The summed E-state index contributed by atoms with van der Waals surface area (Å²) in [4.78, 5) is 30.6. The van der Waals surface area contributed by atoms with Crippen LogP contribution in [0.1, 0.15) is 47.7 Å². The largest absolute Gasteiger partial charge is 0.351 e. The Kier molecular flexibility index (Phi) is 7.59. The molecular formula is C19H26N4O2S. The molecule has 2 N–H and O–H groups in total. The van der Waals surface area contributed by atoms with Crippen molar-refractivity contribution in [2.45, 2.75) is 40.2 Å². The second-order valence-electron chi connectivity index (χ2n) is 6.10. The van der Waals surface area contributed by atoms with Gasteiger partial charge in [0.05, 0.1) is 6.54 Å². The van der Waals surface area contributed by atoms with E-state index in [9.17, 15) is 9.59 Å². The number of anilines is 1. The zero-order valence-corrected chi connectivity index (χ0v) is 16.4. The van der Waals surface area contributed by atoms with Crippen LogP contribution in [0.3, 0.4) is 0 Å². The van der Waals surface area contributed by atoms with Gasteiger partial charge < -0.3 is 15.5 Å². The van der Waals surface area contributed by atoms with Gasteiger partial charge in [0, 0.05) is 24.2 Å². The summed E-state index contributed by atoms with van der Waals surface area (Å²) in [5, 5.41) is 8.22. The van der Waals surface area contributed by atoms with Gasteiger partial charge in [0.25, 0.3) is 5.91 Å². The van der Waals surface area contributed by atoms with E-state index in [0.717, 1.165) is 29.1 Å². The molecule has 3 amide bonds. The molecule has 1 aromatic carbocycles. The first-order chi connectivity index (χ1) is 12.5. The van der Waals surface area contributed by atoms with Gasteiger partial charge in [-0.1, -0.05) is 31.5 Å². The van der Waals surface area contributed by atoms with Gasteiger partial charge in [0.1, 0.15) is 10.7 Å². The van der Waals surface area contributed by atoms with Gasteiger partial charge in [-0.15, -0.1) is 11.3 Å². The summed E-state index contributed by atoms with van der Waals surface area (Å²) in [6.07, 6.45) is 1.72. The number of amides is 3. The van der Waals surface area contributed by atoms with Gasteiger partial charge in [-0.05, 0) is 31.9 Å². The Labute approximate surface area is 158 Å². The number of urea groups is 1. The lowest BCUT2D eigenvalue weighted by atomic mass is 10.2. The fourth-order valence-corrected chi connectivity index (χ4v) is 3.13. The molecule has 7 heteroatoms. The van der Waals surface area contributed by atoms with Crippen molar-refractivity contribution in [3.8, 4) is 0 Å². The van der Waals surface area contributed by atoms with Crippen molar-refractivity contribution in [1.82, 2.24) is 15.2 Å². The van der Waals surface area contributed by atoms with Crippen LogP contribution in [0.15, 0.2) is 29.6 Å². The summed E-state index contributed by atoms with van der Waals surface area (Å²) in [6, 6.07) is 7.53. The molecule has 0 radical (unpaired) electrons. The van der Waals surface area contributed by atoms with Crippen molar-refractivity contribution in [3.05, 3.63) is 45.9 Å². The number of nitrogens with one attached hydrogen (secondary N) is 2. The number of carbonyl (C=O) groups is 2. The number of rotatable bonds is 8.